The largest absolute Gasteiger partial charge is 0.380 e. The third-order valence-corrected chi connectivity index (χ3v) is 2.46. The molecule has 1 aromatic heterocycles. The van der Waals surface area contributed by atoms with Crippen LogP contribution in [0.5, 0.6) is 0 Å². The fraction of sp³-hybridized carbons (Fsp3) is 0.154. The lowest BCUT2D eigenvalue weighted by atomic mass is 10.2. The molecule has 0 atom stereocenters. The van der Waals surface area contributed by atoms with Gasteiger partial charge in [0.05, 0.1) is 6.61 Å². The number of anilines is 2. The SMILES string of the molecule is COCc1ccc(Nc2cc(C(N)=O)ncn2)cc1. The normalized spacial score (nSPS) is 10.2. The summed E-state index contributed by atoms with van der Waals surface area (Å²) in [5, 5.41) is 3.07. The standard InChI is InChI=1S/C13H14N4O2/c1-19-7-9-2-4-10(5-3-9)17-12-6-11(13(14)18)15-8-16-12/h2-6,8H,7H2,1H3,(H2,14,18)(H,15,16,17). The van der Waals surface area contributed by atoms with Crippen LogP contribution in [0.3, 0.4) is 0 Å². The van der Waals surface area contributed by atoms with E-state index in [0.29, 0.717) is 12.4 Å². The van der Waals surface area contributed by atoms with Gasteiger partial charge in [0.2, 0.25) is 0 Å². The van der Waals surface area contributed by atoms with Crippen LogP contribution >= 0.6 is 0 Å². The first kappa shape index (κ1) is 13.0. The van der Waals surface area contributed by atoms with E-state index in [0.717, 1.165) is 11.3 Å². The van der Waals surface area contributed by atoms with Crippen molar-refractivity contribution in [2.24, 2.45) is 5.73 Å². The minimum Gasteiger partial charge on any atom is -0.380 e. The molecule has 0 aliphatic carbocycles. The van der Waals surface area contributed by atoms with Gasteiger partial charge in [-0.15, -0.1) is 0 Å². The summed E-state index contributed by atoms with van der Waals surface area (Å²) in [5.41, 5.74) is 7.27. The van der Waals surface area contributed by atoms with Crippen LogP contribution in [0, 0.1) is 0 Å². The molecule has 2 aromatic rings. The van der Waals surface area contributed by atoms with Crippen LogP contribution < -0.4 is 11.1 Å². The monoisotopic (exact) mass is 258 g/mol. The maximum Gasteiger partial charge on any atom is 0.267 e. The van der Waals surface area contributed by atoms with E-state index in [2.05, 4.69) is 15.3 Å². The number of ether oxygens (including phenoxy) is 1. The summed E-state index contributed by atoms with van der Waals surface area (Å²) in [5.74, 6) is -0.0656. The highest BCUT2D eigenvalue weighted by Gasteiger charge is 2.04. The Balaban J connectivity index is 2.12. The van der Waals surface area contributed by atoms with Crippen molar-refractivity contribution in [2.45, 2.75) is 6.61 Å². The highest BCUT2D eigenvalue weighted by Crippen LogP contribution is 2.15. The van der Waals surface area contributed by atoms with Gasteiger partial charge in [-0.2, -0.15) is 0 Å². The Hall–Kier alpha value is -2.47. The summed E-state index contributed by atoms with van der Waals surface area (Å²) in [6.45, 7) is 0.569. The summed E-state index contributed by atoms with van der Waals surface area (Å²) in [6.07, 6.45) is 1.29. The number of methoxy groups -OCH3 is 1. The third-order valence-electron chi connectivity index (χ3n) is 2.46. The second kappa shape index (κ2) is 5.92. The van der Waals surface area contributed by atoms with Crippen LogP contribution in [0.15, 0.2) is 36.7 Å². The van der Waals surface area contributed by atoms with Crippen LogP contribution in [-0.2, 0) is 11.3 Å². The lowest BCUT2D eigenvalue weighted by Gasteiger charge is -2.07. The Kier molecular flexibility index (Phi) is 4.04. The predicted octanol–water partition coefficient (Wildman–Crippen LogP) is 1.47. The number of rotatable bonds is 5. The fourth-order valence-corrected chi connectivity index (χ4v) is 1.56. The van der Waals surface area contributed by atoms with E-state index < -0.39 is 5.91 Å². The third kappa shape index (κ3) is 3.49. The average molecular weight is 258 g/mol. The minimum absolute atomic E-state index is 0.175. The summed E-state index contributed by atoms with van der Waals surface area (Å²) >= 11 is 0. The quantitative estimate of drug-likeness (QED) is 0.847. The van der Waals surface area contributed by atoms with Crippen molar-refractivity contribution in [1.29, 1.82) is 0 Å². The van der Waals surface area contributed by atoms with Crippen LogP contribution in [0.2, 0.25) is 0 Å². The molecule has 0 bridgehead atoms. The maximum atomic E-state index is 11.0. The predicted molar refractivity (Wildman–Crippen MR) is 71.0 cm³/mol. The first-order chi connectivity index (χ1) is 9.19. The minimum atomic E-state index is -0.583. The number of nitrogens with zero attached hydrogens (tertiary/aromatic N) is 2. The van der Waals surface area contributed by atoms with Gasteiger partial charge in [-0.25, -0.2) is 9.97 Å². The molecule has 0 unspecified atom stereocenters. The summed E-state index contributed by atoms with van der Waals surface area (Å²) in [7, 11) is 1.65. The van der Waals surface area contributed by atoms with E-state index in [1.165, 1.54) is 12.4 Å². The highest BCUT2D eigenvalue weighted by atomic mass is 16.5. The number of benzene rings is 1. The van der Waals surface area contributed by atoms with Crippen molar-refractivity contribution in [1.82, 2.24) is 9.97 Å². The summed E-state index contributed by atoms with van der Waals surface area (Å²) in [4.78, 5) is 18.8. The molecule has 19 heavy (non-hydrogen) atoms. The van der Waals surface area contributed by atoms with Crippen molar-refractivity contribution in [2.75, 3.05) is 12.4 Å². The van der Waals surface area contributed by atoms with E-state index in [1.807, 2.05) is 24.3 Å². The van der Waals surface area contributed by atoms with Crippen molar-refractivity contribution >= 4 is 17.4 Å². The van der Waals surface area contributed by atoms with Crippen molar-refractivity contribution < 1.29 is 9.53 Å². The van der Waals surface area contributed by atoms with Crippen molar-refractivity contribution in [3.8, 4) is 0 Å². The molecule has 2 rings (SSSR count). The van der Waals surface area contributed by atoms with Crippen LogP contribution in [0.1, 0.15) is 16.1 Å². The van der Waals surface area contributed by atoms with Gasteiger partial charge in [0.15, 0.2) is 0 Å². The lowest BCUT2D eigenvalue weighted by molar-refractivity contribution is 0.0995. The van der Waals surface area contributed by atoms with Gasteiger partial charge >= 0.3 is 0 Å². The number of carbonyl (C=O) groups is 1. The van der Waals surface area contributed by atoms with Gasteiger partial charge < -0.3 is 15.8 Å². The maximum absolute atomic E-state index is 11.0. The number of nitrogens with two attached hydrogens (primary N) is 1. The second-order valence-corrected chi connectivity index (χ2v) is 3.91. The Morgan fingerprint density at radius 3 is 2.68 bits per heavy atom. The molecule has 1 amide bonds. The molecule has 6 heteroatoms. The van der Waals surface area contributed by atoms with E-state index in [-0.39, 0.29) is 5.69 Å². The van der Waals surface area contributed by atoms with Gasteiger partial charge in [0, 0.05) is 18.9 Å². The second-order valence-electron chi connectivity index (χ2n) is 3.91. The molecule has 98 valence electrons. The Morgan fingerprint density at radius 2 is 2.05 bits per heavy atom. The molecular formula is C13H14N4O2. The van der Waals surface area contributed by atoms with Gasteiger partial charge in [0.25, 0.3) is 5.91 Å². The Labute approximate surface area is 110 Å². The zero-order chi connectivity index (χ0) is 13.7. The lowest BCUT2D eigenvalue weighted by Crippen LogP contribution is -2.13. The van der Waals surface area contributed by atoms with Crippen LogP contribution in [0.4, 0.5) is 11.5 Å². The van der Waals surface area contributed by atoms with Gasteiger partial charge in [-0.05, 0) is 17.7 Å². The van der Waals surface area contributed by atoms with E-state index >= 15 is 0 Å². The molecular weight excluding hydrogens is 244 g/mol. The van der Waals surface area contributed by atoms with E-state index in [4.69, 9.17) is 10.5 Å². The van der Waals surface area contributed by atoms with Crippen LogP contribution in [-0.4, -0.2) is 23.0 Å². The molecule has 0 saturated carbocycles. The Morgan fingerprint density at radius 1 is 1.32 bits per heavy atom. The topological polar surface area (TPSA) is 90.1 Å². The molecule has 6 nitrogen and oxygen atoms in total. The van der Waals surface area contributed by atoms with Gasteiger partial charge in [-0.3, -0.25) is 4.79 Å². The summed E-state index contributed by atoms with van der Waals surface area (Å²) in [6, 6.07) is 9.20. The number of hydrogen-bond acceptors (Lipinski definition) is 5. The molecule has 0 radical (unpaired) electrons. The van der Waals surface area contributed by atoms with Gasteiger partial charge in [0.1, 0.15) is 17.8 Å². The number of primary amides is 1. The molecule has 0 aliphatic rings. The molecule has 0 aliphatic heterocycles. The zero-order valence-corrected chi connectivity index (χ0v) is 10.5. The number of hydrogen-bond donors (Lipinski definition) is 2. The van der Waals surface area contributed by atoms with Gasteiger partial charge in [-0.1, -0.05) is 12.1 Å². The molecule has 0 fully saturated rings. The zero-order valence-electron chi connectivity index (χ0n) is 10.5. The molecule has 1 heterocycles. The first-order valence-corrected chi connectivity index (χ1v) is 5.66. The summed E-state index contributed by atoms with van der Waals surface area (Å²) < 4.78 is 5.04. The fourth-order valence-electron chi connectivity index (χ4n) is 1.56. The average Bonchev–Trinajstić information content (AvgIpc) is 2.42. The number of nitrogens with one attached hydrogen (secondary N) is 1. The number of amides is 1. The van der Waals surface area contributed by atoms with Crippen molar-refractivity contribution in [3.63, 3.8) is 0 Å². The smallest absolute Gasteiger partial charge is 0.267 e. The molecule has 1 aromatic carbocycles. The van der Waals surface area contributed by atoms with E-state index in [9.17, 15) is 4.79 Å². The molecule has 0 saturated heterocycles. The Bertz CT molecular complexity index is 569. The highest BCUT2D eigenvalue weighted by molar-refractivity contribution is 5.91. The molecule has 0 spiro atoms. The number of carbonyl (C=O) groups excluding carboxylic acids is 1. The van der Waals surface area contributed by atoms with E-state index in [1.54, 1.807) is 7.11 Å². The number of aromatic nitrogens is 2. The van der Waals surface area contributed by atoms with Crippen LogP contribution in [0.25, 0.3) is 0 Å². The van der Waals surface area contributed by atoms with Crippen molar-refractivity contribution in [3.05, 3.63) is 47.9 Å². The first-order valence-electron chi connectivity index (χ1n) is 5.66. The molecule has 3 N–H and O–H groups in total.